The molecule has 2 heteroatoms. The molecule has 19 heavy (non-hydrogen) atoms. The van der Waals surface area contributed by atoms with Crippen LogP contribution in [-0.2, 0) is 5.54 Å². The maximum absolute atomic E-state index is 6.72. The fourth-order valence-corrected chi connectivity index (χ4v) is 2.49. The molecule has 0 aliphatic carbocycles. The highest BCUT2D eigenvalue weighted by Crippen LogP contribution is 2.33. The van der Waals surface area contributed by atoms with Gasteiger partial charge in [-0.2, -0.15) is 0 Å². The monoisotopic (exact) mass is 255 g/mol. The van der Waals surface area contributed by atoms with Crippen molar-refractivity contribution in [3.05, 3.63) is 65.7 Å². The minimum absolute atomic E-state index is 0.454. The highest BCUT2D eigenvalue weighted by atomic mass is 16.5. The van der Waals surface area contributed by atoms with Crippen LogP contribution >= 0.6 is 0 Å². The molecule has 2 aromatic carbocycles. The van der Waals surface area contributed by atoms with Crippen molar-refractivity contribution in [2.75, 3.05) is 7.11 Å². The van der Waals surface area contributed by atoms with Gasteiger partial charge in [0.2, 0.25) is 0 Å². The number of hydrogen-bond donors (Lipinski definition) is 1. The highest BCUT2D eigenvalue weighted by molar-refractivity contribution is 5.41. The quantitative estimate of drug-likeness (QED) is 0.884. The van der Waals surface area contributed by atoms with Gasteiger partial charge in [-0.25, -0.2) is 0 Å². The number of methoxy groups -OCH3 is 1. The molecule has 100 valence electrons. The average molecular weight is 255 g/mol. The summed E-state index contributed by atoms with van der Waals surface area (Å²) in [5, 5.41) is 0. The van der Waals surface area contributed by atoms with Crippen LogP contribution in [0.15, 0.2) is 54.6 Å². The molecule has 0 radical (unpaired) electrons. The Labute approximate surface area is 115 Å². The molecule has 0 saturated carbocycles. The Bertz CT molecular complexity index is 524. The lowest BCUT2D eigenvalue weighted by atomic mass is 9.80. The van der Waals surface area contributed by atoms with Crippen LogP contribution in [0.25, 0.3) is 0 Å². The van der Waals surface area contributed by atoms with E-state index in [4.69, 9.17) is 10.5 Å². The van der Waals surface area contributed by atoms with Gasteiger partial charge in [0.25, 0.3) is 0 Å². The molecule has 2 nitrogen and oxygen atoms in total. The Morgan fingerprint density at radius 3 is 2.32 bits per heavy atom. The minimum atomic E-state index is -0.454. The smallest absolute Gasteiger partial charge is 0.119 e. The van der Waals surface area contributed by atoms with E-state index in [-0.39, 0.29) is 0 Å². The van der Waals surface area contributed by atoms with E-state index in [9.17, 15) is 0 Å². The van der Waals surface area contributed by atoms with Crippen molar-refractivity contribution in [1.82, 2.24) is 0 Å². The molecule has 0 aliphatic heterocycles. The van der Waals surface area contributed by atoms with Crippen molar-refractivity contribution in [2.24, 2.45) is 5.73 Å². The van der Waals surface area contributed by atoms with E-state index in [1.165, 1.54) is 0 Å². The van der Waals surface area contributed by atoms with E-state index in [1.807, 2.05) is 36.4 Å². The molecule has 0 spiro atoms. The van der Waals surface area contributed by atoms with E-state index < -0.39 is 5.54 Å². The first-order valence-corrected chi connectivity index (χ1v) is 6.69. The number of benzene rings is 2. The highest BCUT2D eigenvalue weighted by Gasteiger charge is 2.28. The Morgan fingerprint density at radius 1 is 1.00 bits per heavy atom. The lowest BCUT2D eigenvalue weighted by Gasteiger charge is -2.31. The van der Waals surface area contributed by atoms with Crippen LogP contribution in [0, 0.1) is 0 Å². The molecule has 0 amide bonds. The topological polar surface area (TPSA) is 35.2 Å². The summed E-state index contributed by atoms with van der Waals surface area (Å²) in [5.74, 6) is 0.847. The van der Waals surface area contributed by atoms with Crippen LogP contribution in [0.2, 0.25) is 0 Å². The Morgan fingerprint density at radius 2 is 1.68 bits per heavy atom. The summed E-state index contributed by atoms with van der Waals surface area (Å²) < 4.78 is 5.31. The first-order chi connectivity index (χ1) is 9.20. The second-order valence-electron chi connectivity index (χ2n) is 4.82. The maximum atomic E-state index is 6.72. The van der Waals surface area contributed by atoms with Gasteiger partial charge in [-0.3, -0.25) is 0 Å². The van der Waals surface area contributed by atoms with E-state index in [0.717, 1.165) is 29.7 Å². The van der Waals surface area contributed by atoms with Crippen molar-refractivity contribution < 1.29 is 4.74 Å². The standard InChI is InChI=1S/C17H21NO/c1-3-12-17(18,14-8-5-4-6-9-14)15-10-7-11-16(13-15)19-2/h4-11,13H,3,12,18H2,1-2H3. The van der Waals surface area contributed by atoms with Gasteiger partial charge < -0.3 is 10.5 Å². The Hall–Kier alpha value is -1.80. The van der Waals surface area contributed by atoms with E-state index in [0.29, 0.717) is 0 Å². The maximum Gasteiger partial charge on any atom is 0.119 e. The molecule has 0 saturated heterocycles. The second-order valence-corrected chi connectivity index (χ2v) is 4.82. The van der Waals surface area contributed by atoms with Gasteiger partial charge in [-0.1, -0.05) is 55.8 Å². The van der Waals surface area contributed by atoms with Crippen LogP contribution in [0.1, 0.15) is 30.9 Å². The largest absolute Gasteiger partial charge is 0.497 e. The normalized spacial score (nSPS) is 13.8. The fraction of sp³-hybridized carbons (Fsp3) is 0.294. The molecule has 1 unspecified atom stereocenters. The van der Waals surface area contributed by atoms with Crippen molar-refractivity contribution in [3.8, 4) is 5.75 Å². The molecule has 0 bridgehead atoms. The third kappa shape index (κ3) is 2.79. The first kappa shape index (κ1) is 13.6. The average Bonchev–Trinajstić information content (AvgIpc) is 2.48. The predicted molar refractivity (Wildman–Crippen MR) is 79.3 cm³/mol. The van der Waals surface area contributed by atoms with Crippen LogP contribution in [0.5, 0.6) is 5.75 Å². The van der Waals surface area contributed by atoms with Crippen LogP contribution in [0.3, 0.4) is 0 Å². The van der Waals surface area contributed by atoms with Gasteiger partial charge in [0.05, 0.1) is 12.6 Å². The van der Waals surface area contributed by atoms with Gasteiger partial charge in [-0.05, 0) is 29.7 Å². The van der Waals surface area contributed by atoms with Crippen molar-refractivity contribution in [3.63, 3.8) is 0 Å². The number of nitrogens with two attached hydrogens (primary N) is 1. The molecule has 0 fully saturated rings. The summed E-state index contributed by atoms with van der Waals surface area (Å²) >= 11 is 0. The van der Waals surface area contributed by atoms with Gasteiger partial charge in [-0.15, -0.1) is 0 Å². The van der Waals surface area contributed by atoms with Crippen molar-refractivity contribution in [2.45, 2.75) is 25.3 Å². The third-order valence-corrected chi connectivity index (χ3v) is 3.52. The van der Waals surface area contributed by atoms with E-state index in [1.54, 1.807) is 7.11 Å². The predicted octanol–water partition coefficient (Wildman–Crippen LogP) is 3.70. The Kier molecular flexibility index (Phi) is 4.23. The lowest BCUT2D eigenvalue weighted by Crippen LogP contribution is -2.37. The van der Waals surface area contributed by atoms with E-state index in [2.05, 4.69) is 25.1 Å². The van der Waals surface area contributed by atoms with E-state index >= 15 is 0 Å². The zero-order valence-corrected chi connectivity index (χ0v) is 11.6. The van der Waals surface area contributed by atoms with Crippen LogP contribution < -0.4 is 10.5 Å². The molecule has 2 N–H and O–H groups in total. The number of ether oxygens (including phenoxy) is 1. The molecule has 2 aromatic rings. The first-order valence-electron chi connectivity index (χ1n) is 6.69. The summed E-state index contributed by atoms with van der Waals surface area (Å²) in [6.07, 6.45) is 1.94. The summed E-state index contributed by atoms with van der Waals surface area (Å²) in [5.41, 5.74) is 8.51. The molecular formula is C17H21NO. The minimum Gasteiger partial charge on any atom is -0.497 e. The number of rotatable bonds is 5. The zero-order chi connectivity index (χ0) is 13.7. The third-order valence-electron chi connectivity index (χ3n) is 3.52. The van der Waals surface area contributed by atoms with Gasteiger partial charge in [0, 0.05) is 0 Å². The fourth-order valence-electron chi connectivity index (χ4n) is 2.49. The lowest BCUT2D eigenvalue weighted by molar-refractivity contribution is 0.410. The van der Waals surface area contributed by atoms with Crippen LogP contribution in [0.4, 0.5) is 0 Å². The zero-order valence-electron chi connectivity index (χ0n) is 11.6. The second kappa shape index (κ2) is 5.89. The molecular weight excluding hydrogens is 234 g/mol. The van der Waals surface area contributed by atoms with Gasteiger partial charge in [0.1, 0.15) is 5.75 Å². The summed E-state index contributed by atoms with van der Waals surface area (Å²) in [6, 6.07) is 18.3. The van der Waals surface area contributed by atoms with Gasteiger partial charge in [0.15, 0.2) is 0 Å². The molecule has 1 atom stereocenters. The Balaban J connectivity index is 2.49. The molecule has 0 aromatic heterocycles. The van der Waals surface area contributed by atoms with Crippen LogP contribution in [-0.4, -0.2) is 7.11 Å². The summed E-state index contributed by atoms with van der Waals surface area (Å²) in [7, 11) is 1.68. The SMILES string of the molecule is CCCC(N)(c1ccccc1)c1cccc(OC)c1. The number of hydrogen-bond acceptors (Lipinski definition) is 2. The molecule has 0 heterocycles. The van der Waals surface area contributed by atoms with Crippen molar-refractivity contribution in [1.29, 1.82) is 0 Å². The summed E-state index contributed by atoms with van der Waals surface area (Å²) in [6.45, 7) is 2.16. The van der Waals surface area contributed by atoms with Crippen molar-refractivity contribution >= 4 is 0 Å². The molecule has 0 aliphatic rings. The summed E-state index contributed by atoms with van der Waals surface area (Å²) in [4.78, 5) is 0. The molecule has 2 rings (SSSR count). The van der Waals surface area contributed by atoms with Gasteiger partial charge >= 0.3 is 0 Å².